The van der Waals surface area contributed by atoms with E-state index in [1.54, 1.807) is 44.0 Å². The SMILES string of the molecule is CN(C1CCCCC1)S(=O)(=O)c1ccc(NC(=O)CN2CCC(n3cncn3)CC2)cc1. The highest BCUT2D eigenvalue weighted by Crippen LogP contribution is 2.27. The second kappa shape index (κ2) is 10.1. The Morgan fingerprint density at radius 3 is 2.41 bits per heavy atom. The van der Waals surface area contributed by atoms with Gasteiger partial charge < -0.3 is 5.32 Å². The first kappa shape index (κ1) is 22.9. The van der Waals surface area contributed by atoms with Gasteiger partial charge in [0.1, 0.15) is 12.7 Å². The van der Waals surface area contributed by atoms with Gasteiger partial charge >= 0.3 is 0 Å². The molecule has 1 N–H and O–H groups in total. The Labute approximate surface area is 189 Å². The number of nitrogens with one attached hydrogen (secondary N) is 1. The number of likely N-dealkylation sites (tertiary alicyclic amines) is 1. The Bertz CT molecular complexity index is 979. The van der Waals surface area contributed by atoms with E-state index in [0.717, 1.165) is 51.6 Å². The number of nitrogens with zero attached hydrogens (tertiary/aromatic N) is 5. The van der Waals surface area contributed by atoms with E-state index in [1.807, 2.05) is 4.68 Å². The monoisotopic (exact) mass is 460 g/mol. The third-order valence-electron chi connectivity index (χ3n) is 6.64. The molecule has 4 rings (SSSR count). The molecule has 1 saturated carbocycles. The Morgan fingerprint density at radius 1 is 1.09 bits per heavy atom. The summed E-state index contributed by atoms with van der Waals surface area (Å²) in [5, 5.41) is 7.09. The maximum atomic E-state index is 13.0. The number of sulfonamides is 1. The molecule has 1 saturated heterocycles. The topological polar surface area (TPSA) is 100 Å². The number of aromatic nitrogens is 3. The standard InChI is InChI=1S/C22H32N6O3S/c1-26(19-5-3-2-4-6-19)32(30,31)21-9-7-18(8-10-21)25-22(29)15-27-13-11-20(12-14-27)28-17-23-16-24-28/h7-10,16-17,19-20H,2-6,11-15H2,1H3,(H,25,29). The molecule has 1 aliphatic carbocycles. The van der Waals surface area contributed by atoms with E-state index in [1.165, 1.54) is 10.7 Å². The van der Waals surface area contributed by atoms with E-state index in [9.17, 15) is 13.2 Å². The molecule has 0 unspecified atom stereocenters. The molecule has 2 fully saturated rings. The molecule has 1 aliphatic heterocycles. The highest BCUT2D eigenvalue weighted by atomic mass is 32.2. The number of rotatable bonds is 7. The fourth-order valence-electron chi connectivity index (χ4n) is 4.67. The van der Waals surface area contributed by atoms with Crippen LogP contribution in [0.3, 0.4) is 0 Å². The lowest BCUT2D eigenvalue weighted by molar-refractivity contribution is -0.117. The van der Waals surface area contributed by atoms with Crippen molar-refractivity contribution in [3.63, 3.8) is 0 Å². The largest absolute Gasteiger partial charge is 0.325 e. The fraction of sp³-hybridized carbons (Fsp3) is 0.591. The molecule has 1 aromatic heterocycles. The number of hydrogen-bond donors (Lipinski definition) is 1. The lowest BCUT2D eigenvalue weighted by atomic mass is 9.96. The van der Waals surface area contributed by atoms with Gasteiger partial charge in [0.25, 0.3) is 0 Å². The molecule has 0 bridgehead atoms. The van der Waals surface area contributed by atoms with Crippen molar-refractivity contribution in [2.75, 3.05) is 32.0 Å². The van der Waals surface area contributed by atoms with Crippen molar-refractivity contribution in [1.29, 1.82) is 0 Å². The summed E-state index contributed by atoms with van der Waals surface area (Å²) in [6.07, 6.45) is 10.3. The third kappa shape index (κ3) is 5.36. The summed E-state index contributed by atoms with van der Waals surface area (Å²) in [4.78, 5) is 18.9. The van der Waals surface area contributed by atoms with Crippen LogP contribution in [0.15, 0.2) is 41.8 Å². The average Bonchev–Trinajstić information content (AvgIpc) is 3.35. The fourth-order valence-corrected chi connectivity index (χ4v) is 6.08. The summed E-state index contributed by atoms with van der Waals surface area (Å²) in [7, 11) is -1.86. The quantitative estimate of drug-likeness (QED) is 0.681. The zero-order chi connectivity index (χ0) is 22.6. The lowest BCUT2D eigenvalue weighted by Gasteiger charge is -2.31. The number of benzene rings is 1. The molecular formula is C22H32N6O3S. The summed E-state index contributed by atoms with van der Waals surface area (Å²) < 4.78 is 29.3. The van der Waals surface area contributed by atoms with Gasteiger partial charge in [-0.3, -0.25) is 9.69 Å². The van der Waals surface area contributed by atoms with Gasteiger partial charge in [0, 0.05) is 31.9 Å². The van der Waals surface area contributed by atoms with E-state index < -0.39 is 10.0 Å². The molecule has 1 amide bonds. The summed E-state index contributed by atoms with van der Waals surface area (Å²) in [6, 6.07) is 6.88. The van der Waals surface area contributed by atoms with Crippen LogP contribution in [0.4, 0.5) is 5.69 Å². The Hall–Kier alpha value is -2.30. The van der Waals surface area contributed by atoms with Crippen molar-refractivity contribution >= 4 is 21.6 Å². The summed E-state index contributed by atoms with van der Waals surface area (Å²) in [6.45, 7) is 1.96. The normalized spacial score (nSPS) is 19.3. The average molecular weight is 461 g/mol. The van der Waals surface area contributed by atoms with Crippen molar-refractivity contribution < 1.29 is 13.2 Å². The van der Waals surface area contributed by atoms with Crippen molar-refractivity contribution in [3.8, 4) is 0 Å². The Balaban J connectivity index is 1.28. The smallest absolute Gasteiger partial charge is 0.243 e. The molecule has 2 heterocycles. The van der Waals surface area contributed by atoms with Crippen molar-refractivity contribution in [1.82, 2.24) is 24.0 Å². The maximum Gasteiger partial charge on any atom is 0.243 e. The van der Waals surface area contributed by atoms with Gasteiger partial charge in [-0.1, -0.05) is 19.3 Å². The third-order valence-corrected chi connectivity index (χ3v) is 8.56. The van der Waals surface area contributed by atoms with Gasteiger partial charge in [-0.2, -0.15) is 9.40 Å². The molecule has 0 atom stereocenters. The van der Waals surface area contributed by atoms with Crippen LogP contribution in [-0.4, -0.2) is 71.0 Å². The first-order chi connectivity index (χ1) is 15.4. The minimum Gasteiger partial charge on any atom is -0.325 e. The zero-order valence-corrected chi connectivity index (χ0v) is 19.4. The van der Waals surface area contributed by atoms with E-state index in [0.29, 0.717) is 18.3 Å². The molecule has 32 heavy (non-hydrogen) atoms. The Kier molecular flexibility index (Phi) is 7.22. The molecule has 0 radical (unpaired) electrons. The van der Waals surface area contributed by atoms with Gasteiger partial charge in [0.05, 0.1) is 17.5 Å². The molecular weight excluding hydrogens is 428 g/mol. The number of hydrogen-bond acceptors (Lipinski definition) is 6. The van der Waals surface area contributed by atoms with Gasteiger partial charge in [0.15, 0.2) is 0 Å². The zero-order valence-electron chi connectivity index (χ0n) is 18.6. The number of anilines is 1. The van der Waals surface area contributed by atoms with E-state index in [-0.39, 0.29) is 16.8 Å². The summed E-state index contributed by atoms with van der Waals surface area (Å²) in [5.41, 5.74) is 0.603. The predicted octanol–water partition coefficient (Wildman–Crippen LogP) is 2.51. The van der Waals surface area contributed by atoms with Crippen LogP contribution in [0.25, 0.3) is 0 Å². The molecule has 2 aromatic rings. The first-order valence-corrected chi connectivity index (χ1v) is 12.8. The van der Waals surface area contributed by atoms with Crippen LogP contribution < -0.4 is 5.32 Å². The molecule has 0 spiro atoms. The van der Waals surface area contributed by atoms with Crippen LogP contribution >= 0.6 is 0 Å². The summed E-state index contributed by atoms with van der Waals surface area (Å²) in [5.74, 6) is -0.0980. The predicted molar refractivity (Wildman–Crippen MR) is 122 cm³/mol. The minimum atomic E-state index is -3.53. The maximum absolute atomic E-state index is 13.0. The number of carbonyl (C=O) groups excluding carboxylic acids is 1. The van der Waals surface area contributed by atoms with Gasteiger partial charge in [-0.15, -0.1) is 0 Å². The highest BCUT2D eigenvalue weighted by Gasteiger charge is 2.29. The number of piperidine rings is 1. The lowest BCUT2D eigenvalue weighted by Crippen LogP contribution is -2.39. The molecule has 174 valence electrons. The van der Waals surface area contributed by atoms with Crippen LogP contribution in [-0.2, 0) is 14.8 Å². The Morgan fingerprint density at radius 2 is 1.78 bits per heavy atom. The van der Waals surface area contributed by atoms with Crippen LogP contribution in [0, 0.1) is 0 Å². The second-order valence-electron chi connectivity index (χ2n) is 8.77. The van der Waals surface area contributed by atoms with Crippen molar-refractivity contribution in [2.24, 2.45) is 0 Å². The van der Waals surface area contributed by atoms with Crippen LogP contribution in [0.2, 0.25) is 0 Å². The van der Waals surface area contributed by atoms with Crippen molar-refractivity contribution in [3.05, 3.63) is 36.9 Å². The summed E-state index contributed by atoms with van der Waals surface area (Å²) >= 11 is 0. The van der Waals surface area contributed by atoms with E-state index >= 15 is 0 Å². The van der Waals surface area contributed by atoms with Crippen LogP contribution in [0.5, 0.6) is 0 Å². The number of amides is 1. The van der Waals surface area contributed by atoms with Crippen LogP contribution in [0.1, 0.15) is 51.0 Å². The van der Waals surface area contributed by atoms with E-state index in [4.69, 9.17) is 0 Å². The molecule has 1 aromatic carbocycles. The highest BCUT2D eigenvalue weighted by molar-refractivity contribution is 7.89. The molecule has 2 aliphatic rings. The first-order valence-electron chi connectivity index (χ1n) is 11.4. The minimum absolute atomic E-state index is 0.0711. The molecule has 9 nitrogen and oxygen atoms in total. The second-order valence-corrected chi connectivity index (χ2v) is 10.8. The van der Waals surface area contributed by atoms with E-state index in [2.05, 4.69) is 20.3 Å². The van der Waals surface area contributed by atoms with Gasteiger partial charge in [-0.25, -0.2) is 18.1 Å². The molecule has 10 heteroatoms. The van der Waals surface area contributed by atoms with Gasteiger partial charge in [-0.05, 0) is 49.9 Å². The number of carbonyl (C=O) groups is 1. The van der Waals surface area contributed by atoms with Gasteiger partial charge in [0.2, 0.25) is 15.9 Å². The van der Waals surface area contributed by atoms with Crippen molar-refractivity contribution in [2.45, 2.75) is 61.9 Å².